The third-order valence-electron chi connectivity index (χ3n) is 2.60. The first-order chi connectivity index (χ1) is 9.46. The molecule has 5 nitrogen and oxygen atoms in total. The zero-order valence-corrected chi connectivity index (χ0v) is 11.3. The zero-order valence-electron chi connectivity index (χ0n) is 11.3. The van der Waals surface area contributed by atoms with E-state index in [1.807, 2.05) is 0 Å². The van der Waals surface area contributed by atoms with Gasteiger partial charge >= 0.3 is 5.97 Å². The van der Waals surface area contributed by atoms with Crippen molar-refractivity contribution in [2.45, 2.75) is 6.92 Å². The van der Waals surface area contributed by atoms with Gasteiger partial charge in [-0.3, -0.25) is 14.5 Å². The van der Waals surface area contributed by atoms with Gasteiger partial charge in [-0.2, -0.15) is 0 Å². The Hall–Kier alpha value is -2.02. The fourth-order valence-electron chi connectivity index (χ4n) is 1.51. The van der Waals surface area contributed by atoms with E-state index in [9.17, 15) is 18.4 Å². The molecular formula is C13H16F2N2O3. The Balaban J connectivity index is 2.59. The lowest BCUT2D eigenvalue weighted by molar-refractivity contribution is -0.142. The quantitative estimate of drug-likeness (QED) is 0.803. The van der Waals surface area contributed by atoms with E-state index < -0.39 is 23.5 Å². The second kappa shape index (κ2) is 7.54. The number of amides is 1. The van der Waals surface area contributed by atoms with Crippen molar-refractivity contribution in [2.75, 3.05) is 32.1 Å². The molecule has 0 heterocycles. The average Bonchev–Trinajstić information content (AvgIpc) is 2.41. The molecule has 7 heteroatoms. The number of benzene rings is 1. The Bertz CT molecular complexity index is 495. The summed E-state index contributed by atoms with van der Waals surface area (Å²) in [6, 6.07) is 2.87. The Morgan fingerprint density at radius 2 is 2.00 bits per heavy atom. The van der Waals surface area contributed by atoms with Crippen LogP contribution in [0.4, 0.5) is 14.5 Å². The minimum atomic E-state index is -0.852. The number of methoxy groups -OCH3 is 1. The summed E-state index contributed by atoms with van der Waals surface area (Å²) < 4.78 is 30.6. The SMILES string of the molecule is CCN(CC(=O)Nc1ccc(F)cc1F)CC(=O)OC. The second-order valence-corrected chi connectivity index (χ2v) is 4.05. The van der Waals surface area contributed by atoms with Crippen LogP contribution in [-0.4, -0.2) is 43.5 Å². The van der Waals surface area contributed by atoms with Crippen molar-refractivity contribution < 1.29 is 23.1 Å². The first-order valence-corrected chi connectivity index (χ1v) is 6.00. The molecule has 0 saturated heterocycles. The van der Waals surface area contributed by atoms with Gasteiger partial charge in [0.15, 0.2) is 0 Å². The maximum atomic E-state index is 13.4. The third-order valence-corrected chi connectivity index (χ3v) is 2.60. The molecule has 0 bridgehead atoms. The summed E-state index contributed by atoms with van der Waals surface area (Å²) in [6.45, 7) is 2.10. The number of carbonyl (C=O) groups is 2. The predicted molar refractivity (Wildman–Crippen MR) is 69.1 cm³/mol. The summed E-state index contributed by atoms with van der Waals surface area (Å²) in [4.78, 5) is 24.4. The fourth-order valence-corrected chi connectivity index (χ4v) is 1.51. The molecule has 0 aliphatic rings. The molecule has 1 rings (SSSR count). The first kappa shape index (κ1) is 16.0. The largest absolute Gasteiger partial charge is 0.468 e. The molecule has 1 aromatic carbocycles. The van der Waals surface area contributed by atoms with Crippen LogP contribution in [0.5, 0.6) is 0 Å². The smallest absolute Gasteiger partial charge is 0.319 e. The van der Waals surface area contributed by atoms with Crippen LogP contribution in [0.2, 0.25) is 0 Å². The zero-order chi connectivity index (χ0) is 15.1. The van der Waals surface area contributed by atoms with Gasteiger partial charge in [-0.1, -0.05) is 6.92 Å². The van der Waals surface area contributed by atoms with Crippen molar-refractivity contribution in [1.29, 1.82) is 0 Å². The normalized spacial score (nSPS) is 10.4. The monoisotopic (exact) mass is 286 g/mol. The molecular weight excluding hydrogens is 270 g/mol. The summed E-state index contributed by atoms with van der Waals surface area (Å²) in [6.07, 6.45) is 0. The number of hydrogen-bond acceptors (Lipinski definition) is 4. The lowest BCUT2D eigenvalue weighted by atomic mass is 10.3. The van der Waals surface area contributed by atoms with Gasteiger partial charge in [0.1, 0.15) is 11.6 Å². The molecule has 0 radical (unpaired) electrons. The molecule has 0 atom stereocenters. The second-order valence-electron chi connectivity index (χ2n) is 4.05. The van der Waals surface area contributed by atoms with E-state index >= 15 is 0 Å². The van der Waals surface area contributed by atoms with Crippen LogP contribution in [0.3, 0.4) is 0 Å². The fraction of sp³-hybridized carbons (Fsp3) is 0.385. The van der Waals surface area contributed by atoms with Crippen LogP contribution < -0.4 is 5.32 Å². The topological polar surface area (TPSA) is 58.6 Å². The van der Waals surface area contributed by atoms with E-state index in [1.165, 1.54) is 12.0 Å². The number of anilines is 1. The van der Waals surface area contributed by atoms with Gasteiger partial charge in [-0.15, -0.1) is 0 Å². The number of ether oxygens (including phenoxy) is 1. The van der Waals surface area contributed by atoms with Gasteiger partial charge < -0.3 is 10.1 Å². The van der Waals surface area contributed by atoms with Gasteiger partial charge in [-0.25, -0.2) is 8.78 Å². The highest BCUT2D eigenvalue weighted by Crippen LogP contribution is 2.14. The highest BCUT2D eigenvalue weighted by molar-refractivity contribution is 5.92. The van der Waals surface area contributed by atoms with Crippen molar-refractivity contribution in [3.05, 3.63) is 29.8 Å². The highest BCUT2D eigenvalue weighted by Gasteiger charge is 2.14. The molecule has 0 spiro atoms. The van der Waals surface area contributed by atoms with Gasteiger partial charge in [0.05, 0.1) is 25.9 Å². The van der Waals surface area contributed by atoms with E-state index in [-0.39, 0.29) is 18.8 Å². The van der Waals surface area contributed by atoms with Crippen LogP contribution in [0.1, 0.15) is 6.92 Å². The van der Waals surface area contributed by atoms with Crippen LogP contribution in [-0.2, 0) is 14.3 Å². The molecule has 110 valence electrons. The minimum absolute atomic E-state index is 0.0354. The van der Waals surface area contributed by atoms with Gasteiger partial charge in [0, 0.05) is 6.07 Å². The third kappa shape index (κ3) is 4.93. The number of likely N-dealkylation sites (N-methyl/N-ethyl adjacent to an activating group) is 1. The van der Waals surface area contributed by atoms with E-state index in [0.717, 1.165) is 12.1 Å². The molecule has 0 fully saturated rings. The standard InChI is InChI=1S/C13H16F2N2O3/c1-3-17(8-13(19)20-2)7-12(18)16-11-5-4-9(14)6-10(11)15/h4-6H,3,7-8H2,1-2H3,(H,16,18). The molecule has 1 aromatic rings. The van der Waals surface area contributed by atoms with Crippen LogP contribution in [0, 0.1) is 11.6 Å². The van der Waals surface area contributed by atoms with E-state index in [2.05, 4.69) is 10.1 Å². The van der Waals surface area contributed by atoms with Gasteiger partial charge in [0.2, 0.25) is 5.91 Å². The number of carbonyl (C=O) groups excluding carboxylic acids is 2. The molecule has 0 aromatic heterocycles. The summed E-state index contributed by atoms with van der Waals surface area (Å²) in [5, 5.41) is 2.32. The lowest BCUT2D eigenvalue weighted by Crippen LogP contribution is -2.37. The summed E-state index contributed by atoms with van der Waals surface area (Å²) in [7, 11) is 1.25. The van der Waals surface area contributed by atoms with Gasteiger partial charge in [-0.05, 0) is 18.7 Å². The van der Waals surface area contributed by atoms with Crippen molar-refractivity contribution in [3.8, 4) is 0 Å². The van der Waals surface area contributed by atoms with E-state index in [4.69, 9.17) is 0 Å². The number of nitrogens with one attached hydrogen (secondary N) is 1. The van der Waals surface area contributed by atoms with Crippen molar-refractivity contribution in [3.63, 3.8) is 0 Å². The Labute approximate surface area is 115 Å². The Kier molecular flexibility index (Phi) is 6.05. The molecule has 20 heavy (non-hydrogen) atoms. The molecule has 0 aliphatic carbocycles. The summed E-state index contributed by atoms with van der Waals surface area (Å²) in [5.41, 5.74) is -0.106. The number of halogens is 2. The minimum Gasteiger partial charge on any atom is -0.468 e. The molecule has 0 aliphatic heterocycles. The molecule has 1 N–H and O–H groups in total. The Morgan fingerprint density at radius 1 is 1.30 bits per heavy atom. The van der Waals surface area contributed by atoms with Crippen LogP contribution in [0.25, 0.3) is 0 Å². The molecule has 0 unspecified atom stereocenters. The highest BCUT2D eigenvalue weighted by atomic mass is 19.1. The number of hydrogen-bond donors (Lipinski definition) is 1. The molecule has 0 saturated carbocycles. The summed E-state index contributed by atoms with van der Waals surface area (Å²) in [5.74, 6) is -2.54. The average molecular weight is 286 g/mol. The number of nitrogens with zero attached hydrogens (tertiary/aromatic N) is 1. The summed E-state index contributed by atoms with van der Waals surface area (Å²) >= 11 is 0. The Morgan fingerprint density at radius 3 is 2.55 bits per heavy atom. The number of esters is 1. The van der Waals surface area contributed by atoms with Crippen molar-refractivity contribution in [1.82, 2.24) is 4.90 Å². The number of rotatable bonds is 6. The van der Waals surface area contributed by atoms with Gasteiger partial charge in [0.25, 0.3) is 0 Å². The van der Waals surface area contributed by atoms with Crippen molar-refractivity contribution in [2.24, 2.45) is 0 Å². The first-order valence-electron chi connectivity index (χ1n) is 6.00. The maximum Gasteiger partial charge on any atom is 0.319 e. The van der Waals surface area contributed by atoms with E-state index in [0.29, 0.717) is 12.6 Å². The maximum absolute atomic E-state index is 13.4. The van der Waals surface area contributed by atoms with Crippen LogP contribution >= 0.6 is 0 Å². The van der Waals surface area contributed by atoms with Crippen molar-refractivity contribution >= 4 is 17.6 Å². The lowest BCUT2D eigenvalue weighted by Gasteiger charge is -2.18. The van der Waals surface area contributed by atoms with E-state index in [1.54, 1.807) is 6.92 Å². The molecule has 1 amide bonds. The van der Waals surface area contributed by atoms with Crippen LogP contribution in [0.15, 0.2) is 18.2 Å². The predicted octanol–water partition coefficient (Wildman–Crippen LogP) is 1.40.